The van der Waals surface area contributed by atoms with Gasteiger partial charge >= 0.3 is 0 Å². The van der Waals surface area contributed by atoms with E-state index in [1.54, 1.807) is 18.3 Å². The summed E-state index contributed by atoms with van der Waals surface area (Å²) in [4.78, 5) is 27.8. The normalized spacial score (nSPS) is 12.5. The molecular weight excluding hydrogens is 401 g/mol. The summed E-state index contributed by atoms with van der Waals surface area (Å²) in [6.45, 7) is 3.27. The fourth-order valence-corrected chi connectivity index (χ4v) is 2.48. The topological polar surface area (TPSA) is 101 Å². The maximum Gasteiger partial charge on any atom is 0.258 e. The van der Waals surface area contributed by atoms with Crippen LogP contribution in [0.1, 0.15) is 16.8 Å². The number of carbonyl (C=O) groups is 2. The third-order valence-corrected chi connectivity index (χ3v) is 4.15. The number of ether oxygens (including phenoxy) is 1. The third kappa shape index (κ3) is 7.52. The van der Waals surface area contributed by atoms with Gasteiger partial charge in [-0.05, 0) is 30.7 Å². The van der Waals surface area contributed by atoms with Crippen molar-refractivity contribution in [2.75, 3.05) is 13.2 Å². The van der Waals surface area contributed by atoms with E-state index in [9.17, 15) is 19.1 Å². The van der Waals surface area contributed by atoms with Crippen molar-refractivity contribution < 1.29 is 23.8 Å². The molecule has 29 heavy (non-hydrogen) atoms. The van der Waals surface area contributed by atoms with Crippen LogP contribution in [0.5, 0.6) is 5.75 Å². The zero-order valence-corrected chi connectivity index (χ0v) is 16.2. The van der Waals surface area contributed by atoms with Crippen molar-refractivity contribution in [2.45, 2.75) is 18.6 Å². The van der Waals surface area contributed by atoms with Gasteiger partial charge in [-0.25, -0.2) is 4.39 Å². The van der Waals surface area contributed by atoms with E-state index >= 15 is 0 Å². The van der Waals surface area contributed by atoms with E-state index in [4.69, 9.17) is 16.3 Å². The lowest BCUT2D eigenvalue weighted by Gasteiger charge is -2.19. The molecule has 0 fully saturated rings. The van der Waals surface area contributed by atoms with E-state index in [0.717, 1.165) is 6.07 Å². The Bertz CT molecular complexity index is 851. The highest BCUT2D eigenvalue weighted by Gasteiger charge is 2.16. The lowest BCUT2D eigenvalue weighted by molar-refractivity contribution is -0.123. The van der Waals surface area contributed by atoms with Crippen LogP contribution in [0.3, 0.4) is 0 Å². The summed E-state index contributed by atoms with van der Waals surface area (Å²) in [5, 5.41) is 15.3. The summed E-state index contributed by atoms with van der Waals surface area (Å²) in [7, 11) is 0. The Kier molecular flexibility index (Phi) is 8.57. The SMILES string of the molecule is C=CC(CC(O)CNC(=O)c1cccnc1)NC(=O)COc1ccc(Cl)c(F)c1. The van der Waals surface area contributed by atoms with Gasteiger partial charge in [0.2, 0.25) is 0 Å². The number of rotatable bonds is 10. The number of nitrogens with one attached hydrogen (secondary N) is 2. The molecule has 0 aliphatic heterocycles. The Balaban J connectivity index is 1.75. The van der Waals surface area contributed by atoms with Gasteiger partial charge in [0.15, 0.2) is 6.61 Å². The summed E-state index contributed by atoms with van der Waals surface area (Å²) in [6, 6.07) is 6.54. The quantitative estimate of drug-likeness (QED) is 0.510. The van der Waals surface area contributed by atoms with Crippen molar-refractivity contribution in [3.05, 3.63) is 71.8 Å². The van der Waals surface area contributed by atoms with E-state index in [1.807, 2.05) is 0 Å². The van der Waals surface area contributed by atoms with Crippen LogP contribution < -0.4 is 15.4 Å². The molecule has 0 aliphatic rings. The molecule has 2 unspecified atom stereocenters. The summed E-state index contributed by atoms with van der Waals surface area (Å²) < 4.78 is 18.6. The number of carbonyl (C=O) groups excluding carboxylic acids is 2. The minimum absolute atomic E-state index is 0.00547. The third-order valence-electron chi connectivity index (χ3n) is 3.84. The highest BCUT2D eigenvalue weighted by atomic mass is 35.5. The van der Waals surface area contributed by atoms with E-state index in [1.165, 1.54) is 24.4 Å². The predicted octanol–water partition coefficient (Wildman–Crippen LogP) is 2.10. The number of benzene rings is 1. The molecule has 1 aromatic carbocycles. The zero-order chi connectivity index (χ0) is 21.2. The van der Waals surface area contributed by atoms with Crippen LogP contribution in [0.2, 0.25) is 5.02 Å². The monoisotopic (exact) mass is 421 g/mol. The average molecular weight is 422 g/mol. The molecule has 7 nitrogen and oxygen atoms in total. The van der Waals surface area contributed by atoms with Crippen LogP contribution >= 0.6 is 11.6 Å². The van der Waals surface area contributed by atoms with Gasteiger partial charge in [0, 0.05) is 31.0 Å². The molecule has 0 spiro atoms. The van der Waals surface area contributed by atoms with Gasteiger partial charge in [-0.3, -0.25) is 14.6 Å². The minimum atomic E-state index is -0.912. The molecule has 2 aromatic rings. The number of aliphatic hydroxyl groups excluding tert-OH is 1. The van der Waals surface area contributed by atoms with Gasteiger partial charge in [0.05, 0.1) is 16.7 Å². The summed E-state index contributed by atoms with van der Waals surface area (Å²) in [5.41, 5.74) is 0.379. The molecule has 0 aliphatic carbocycles. The van der Waals surface area contributed by atoms with Crippen LogP contribution in [0.4, 0.5) is 4.39 Å². The van der Waals surface area contributed by atoms with Crippen LogP contribution in [0.15, 0.2) is 55.4 Å². The van der Waals surface area contributed by atoms with Crippen LogP contribution in [-0.2, 0) is 4.79 Å². The van der Waals surface area contributed by atoms with Crippen LogP contribution in [-0.4, -0.2) is 47.2 Å². The molecule has 0 saturated carbocycles. The van der Waals surface area contributed by atoms with Crippen molar-refractivity contribution in [3.63, 3.8) is 0 Å². The van der Waals surface area contributed by atoms with Gasteiger partial charge in [0.1, 0.15) is 11.6 Å². The smallest absolute Gasteiger partial charge is 0.258 e. The lowest BCUT2D eigenvalue weighted by atomic mass is 10.1. The molecule has 2 atom stereocenters. The maximum absolute atomic E-state index is 13.4. The molecule has 1 aromatic heterocycles. The van der Waals surface area contributed by atoms with Crippen molar-refractivity contribution in [1.29, 1.82) is 0 Å². The molecule has 0 radical (unpaired) electrons. The Hall–Kier alpha value is -2.97. The summed E-state index contributed by atoms with van der Waals surface area (Å²) in [6.07, 6.45) is 3.66. The van der Waals surface area contributed by atoms with Gasteiger partial charge in [0.25, 0.3) is 11.8 Å². The van der Waals surface area contributed by atoms with Crippen LogP contribution in [0.25, 0.3) is 0 Å². The Morgan fingerprint density at radius 2 is 2.17 bits per heavy atom. The largest absolute Gasteiger partial charge is 0.484 e. The molecule has 154 valence electrons. The van der Waals surface area contributed by atoms with Gasteiger partial charge < -0.3 is 20.5 Å². The number of amides is 2. The number of hydrogen-bond donors (Lipinski definition) is 3. The molecule has 3 N–H and O–H groups in total. The fourth-order valence-electron chi connectivity index (χ4n) is 2.36. The average Bonchev–Trinajstić information content (AvgIpc) is 2.73. The van der Waals surface area contributed by atoms with Crippen molar-refractivity contribution in [3.8, 4) is 5.75 Å². The van der Waals surface area contributed by atoms with E-state index in [0.29, 0.717) is 5.56 Å². The predicted molar refractivity (Wildman–Crippen MR) is 106 cm³/mol. The summed E-state index contributed by atoms with van der Waals surface area (Å²) >= 11 is 5.59. The minimum Gasteiger partial charge on any atom is -0.484 e. The number of pyridine rings is 1. The van der Waals surface area contributed by atoms with Crippen molar-refractivity contribution in [1.82, 2.24) is 15.6 Å². The number of hydrogen-bond acceptors (Lipinski definition) is 5. The molecule has 9 heteroatoms. The van der Waals surface area contributed by atoms with Crippen molar-refractivity contribution >= 4 is 23.4 Å². The summed E-state index contributed by atoms with van der Waals surface area (Å²) in [5.74, 6) is -1.32. The second-order valence-corrected chi connectivity index (χ2v) is 6.52. The second-order valence-electron chi connectivity index (χ2n) is 6.12. The fraction of sp³-hybridized carbons (Fsp3) is 0.250. The van der Waals surface area contributed by atoms with E-state index in [2.05, 4.69) is 22.2 Å². The number of nitrogens with zero attached hydrogens (tertiary/aromatic N) is 1. The highest BCUT2D eigenvalue weighted by Crippen LogP contribution is 2.20. The van der Waals surface area contributed by atoms with Gasteiger partial charge in [-0.1, -0.05) is 17.7 Å². The van der Waals surface area contributed by atoms with Gasteiger partial charge in [-0.15, -0.1) is 6.58 Å². The standard InChI is InChI=1S/C20H21ClFN3O4/c1-2-14(8-15(26)11-24-20(28)13-4-3-7-23-10-13)25-19(27)12-29-16-5-6-17(21)18(22)9-16/h2-7,9-10,14-15,26H,1,8,11-12H2,(H,24,28)(H,25,27). The molecule has 2 amide bonds. The number of aromatic nitrogens is 1. The Morgan fingerprint density at radius 1 is 1.38 bits per heavy atom. The first-order valence-electron chi connectivity index (χ1n) is 8.75. The first kappa shape index (κ1) is 22.3. The number of aliphatic hydroxyl groups is 1. The van der Waals surface area contributed by atoms with E-state index in [-0.39, 0.29) is 36.3 Å². The number of halogens is 2. The first-order valence-corrected chi connectivity index (χ1v) is 9.13. The molecule has 0 bridgehead atoms. The zero-order valence-electron chi connectivity index (χ0n) is 15.5. The van der Waals surface area contributed by atoms with Crippen LogP contribution in [0, 0.1) is 5.82 Å². The molecule has 2 rings (SSSR count). The molecule has 1 heterocycles. The lowest BCUT2D eigenvalue weighted by Crippen LogP contribution is -2.41. The molecular formula is C20H21ClFN3O4. The van der Waals surface area contributed by atoms with Gasteiger partial charge in [-0.2, -0.15) is 0 Å². The highest BCUT2D eigenvalue weighted by molar-refractivity contribution is 6.30. The first-order chi connectivity index (χ1) is 13.9. The van der Waals surface area contributed by atoms with Crippen molar-refractivity contribution in [2.24, 2.45) is 0 Å². The van der Waals surface area contributed by atoms with E-state index < -0.39 is 23.9 Å². The Labute approximate surface area is 172 Å². The molecule has 0 saturated heterocycles. The second kappa shape index (κ2) is 11.1. The maximum atomic E-state index is 13.4. The Morgan fingerprint density at radius 3 is 2.83 bits per heavy atom.